The third-order valence-electron chi connectivity index (χ3n) is 2.99. The van der Waals surface area contributed by atoms with Crippen molar-refractivity contribution in [3.05, 3.63) is 40.0 Å². The van der Waals surface area contributed by atoms with Crippen LogP contribution in [0.1, 0.15) is 16.2 Å². The summed E-state index contributed by atoms with van der Waals surface area (Å²) in [6.45, 7) is 0.303. The molecule has 0 aliphatic rings. The molecule has 0 radical (unpaired) electrons. The van der Waals surface area contributed by atoms with Gasteiger partial charge in [0.25, 0.3) is 5.91 Å². The molecule has 0 fully saturated rings. The third kappa shape index (κ3) is 2.37. The van der Waals surface area contributed by atoms with Crippen molar-refractivity contribution in [1.29, 1.82) is 0 Å². The predicted molar refractivity (Wildman–Crippen MR) is 68.9 cm³/mol. The van der Waals surface area contributed by atoms with Crippen LogP contribution >= 0.6 is 0 Å². The van der Waals surface area contributed by atoms with Crippen LogP contribution in [0.3, 0.4) is 0 Å². The molecule has 20 heavy (non-hydrogen) atoms. The lowest BCUT2D eigenvalue weighted by Crippen LogP contribution is -2.29. The van der Waals surface area contributed by atoms with Gasteiger partial charge in [0.05, 0.1) is 17.2 Å². The summed E-state index contributed by atoms with van der Waals surface area (Å²) in [5.74, 6) is -0.460. The van der Waals surface area contributed by atoms with Crippen LogP contribution in [0, 0.1) is 10.1 Å². The molecule has 0 saturated carbocycles. The van der Waals surface area contributed by atoms with Crippen LogP contribution in [0.15, 0.2) is 18.5 Å². The van der Waals surface area contributed by atoms with Crippen molar-refractivity contribution in [3.63, 3.8) is 0 Å². The maximum absolute atomic E-state index is 12.3. The largest absolute Gasteiger partial charge is 0.334 e. The molecule has 9 nitrogen and oxygen atoms in total. The van der Waals surface area contributed by atoms with Crippen LogP contribution in [-0.4, -0.2) is 42.3 Å². The van der Waals surface area contributed by atoms with Crippen molar-refractivity contribution >= 4 is 11.6 Å². The summed E-state index contributed by atoms with van der Waals surface area (Å²) in [4.78, 5) is 24.0. The Kier molecular flexibility index (Phi) is 3.51. The Labute approximate surface area is 114 Å². The van der Waals surface area contributed by atoms with Gasteiger partial charge in [0.2, 0.25) is 5.69 Å². The second-order valence-electron chi connectivity index (χ2n) is 4.37. The van der Waals surface area contributed by atoms with Crippen LogP contribution < -0.4 is 0 Å². The van der Waals surface area contributed by atoms with Crippen molar-refractivity contribution < 1.29 is 9.72 Å². The molecule has 0 spiro atoms. The van der Waals surface area contributed by atoms with E-state index in [2.05, 4.69) is 10.2 Å². The normalized spacial score (nSPS) is 10.6. The predicted octanol–water partition coefficient (Wildman–Crippen LogP) is 0.334. The highest BCUT2D eigenvalue weighted by atomic mass is 16.6. The maximum Gasteiger partial charge on any atom is 0.320 e. The van der Waals surface area contributed by atoms with Crippen molar-refractivity contribution in [2.75, 3.05) is 7.05 Å². The number of hydrogen-bond acceptors (Lipinski definition) is 5. The lowest BCUT2D eigenvalue weighted by Gasteiger charge is -2.16. The highest BCUT2D eigenvalue weighted by Crippen LogP contribution is 2.19. The van der Waals surface area contributed by atoms with E-state index in [-0.39, 0.29) is 11.4 Å². The Morgan fingerprint density at radius 1 is 1.40 bits per heavy atom. The van der Waals surface area contributed by atoms with Crippen molar-refractivity contribution in [1.82, 2.24) is 24.5 Å². The summed E-state index contributed by atoms with van der Waals surface area (Å²) >= 11 is 0. The first-order valence-electron chi connectivity index (χ1n) is 5.80. The van der Waals surface area contributed by atoms with Gasteiger partial charge in [-0.25, -0.2) is 0 Å². The van der Waals surface area contributed by atoms with Gasteiger partial charge in [0.1, 0.15) is 6.20 Å². The standard InChI is InChI=1S/C11H14N6O3/c1-14(7-8-4-5-12-15(8)2)11(18)10-9(17(19)20)6-13-16(10)3/h4-6H,7H2,1-3H3. The van der Waals surface area contributed by atoms with Gasteiger partial charge in [-0.2, -0.15) is 10.2 Å². The first kappa shape index (κ1) is 13.7. The van der Waals surface area contributed by atoms with Crippen molar-refractivity contribution in [3.8, 4) is 0 Å². The molecule has 0 bridgehead atoms. The average molecular weight is 278 g/mol. The van der Waals surface area contributed by atoms with Crippen LogP contribution in [-0.2, 0) is 20.6 Å². The summed E-state index contributed by atoms with van der Waals surface area (Å²) in [7, 11) is 4.84. The van der Waals surface area contributed by atoms with E-state index < -0.39 is 10.8 Å². The first-order valence-corrected chi connectivity index (χ1v) is 5.80. The molecule has 1 amide bonds. The minimum absolute atomic E-state index is 0.0420. The molecule has 2 heterocycles. The molecule has 2 aromatic rings. The van der Waals surface area contributed by atoms with E-state index >= 15 is 0 Å². The number of amides is 1. The smallest absolute Gasteiger partial charge is 0.320 e. The highest BCUT2D eigenvalue weighted by Gasteiger charge is 2.28. The van der Waals surface area contributed by atoms with E-state index in [9.17, 15) is 14.9 Å². The van der Waals surface area contributed by atoms with E-state index in [4.69, 9.17) is 0 Å². The molecule has 0 aliphatic heterocycles. The van der Waals surface area contributed by atoms with Gasteiger partial charge in [-0.15, -0.1) is 0 Å². The second-order valence-corrected chi connectivity index (χ2v) is 4.37. The fourth-order valence-corrected chi connectivity index (χ4v) is 1.86. The molecule has 0 unspecified atom stereocenters. The molecule has 0 atom stereocenters. The van der Waals surface area contributed by atoms with Gasteiger partial charge in [0, 0.05) is 27.3 Å². The Morgan fingerprint density at radius 2 is 2.10 bits per heavy atom. The first-order chi connectivity index (χ1) is 9.41. The van der Waals surface area contributed by atoms with Gasteiger partial charge in [0.15, 0.2) is 0 Å². The molecular formula is C11H14N6O3. The minimum atomic E-state index is -0.613. The number of carbonyl (C=O) groups is 1. The van der Waals surface area contributed by atoms with Gasteiger partial charge in [-0.05, 0) is 6.07 Å². The van der Waals surface area contributed by atoms with Crippen LogP contribution in [0.25, 0.3) is 0 Å². The maximum atomic E-state index is 12.3. The molecule has 0 aromatic carbocycles. The Hall–Kier alpha value is -2.71. The molecule has 2 aromatic heterocycles. The quantitative estimate of drug-likeness (QED) is 0.593. The summed E-state index contributed by atoms with van der Waals surface area (Å²) in [6, 6.07) is 1.78. The van der Waals surface area contributed by atoms with E-state index in [0.29, 0.717) is 6.54 Å². The zero-order chi connectivity index (χ0) is 14.9. The van der Waals surface area contributed by atoms with Crippen LogP contribution in [0.2, 0.25) is 0 Å². The fourth-order valence-electron chi connectivity index (χ4n) is 1.86. The van der Waals surface area contributed by atoms with Crippen molar-refractivity contribution in [2.24, 2.45) is 14.1 Å². The zero-order valence-corrected chi connectivity index (χ0v) is 11.3. The van der Waals surface area contributed by atoms with Crippen LogP contribution in [0.5, 0.6) is 0 Å². The number of hydrogen-bond donors (Lipinski definition) is 0. The molecule has 0 aliphatic carbocycles. The van der Waals surface area contributed by atoms with Gasteiger partial charge in [-0.1, -0.05) is 0 Å². The molecule has 2 rings (SSSR count). The van der Waals surface area contributed by atoms with Crippen LogP contribution in [0.4, 0.5) is 5.69 Å². The van der Waals surface area contributed by atoms with E-state index in [1.165, 1.54) is 16.6 Å². The van der Waals surface area contributed by atoms with E-state index in [1.807, 2.05) is 0 Å². The molecule has 0 saturated heterocycles. The zero-order valence-electron chi connectivity index (χ0n) is 11.3. The summed E-state index contributed by atoms with van der Waals surface area (Å²) in [5, 5.41) is 18.7. The highest BCUT2D eigenvalue weighted by molar-refractivity contribution is 5.96. The van der Waals surface area contributed by atoms with Gasteiger partial charge >= 0.3 is 5.69 Å². The number of nitrogens with zero attached hydrogens (tertiary/aromatic N) is 6. The molecule has 0 N–H and O–H groups in total. The number of aromatic nitrogens is 4. The molecule has 9 heteroatoms. The lowest BCUT2D eigenvalue weighted by atomic mass is 10.3. The number of aryl methyl sites for hydroxylation is 2. The Balaban J connectivity index is 2.25. The number of nitro groups is 1. The van der Waals surface area contributed by atoms with Gasteiger partial charge in [-0.3, -0.25) is 24.3 Å². The third-order valence-corrected chi connectivity index (χ3v) is 2.99. The van der Waals surface area contributed by atoms with Crippen molar-refractivity contribution in [2.45, 2.75) is 6.54 Å². The van der Waals surface area contributed by atoms with E-state index in [0.717, 1.165) is 11.9 Å². The topological polar surface area (TPSA) is 99.1 Å². The fraction of sp³-hybridized carbons (Fsp3) is 0.364. The molecular weight excluding hydrogens is 264 g/mol. The number of rotatable bonds is 4. The summed E-state index contributed by atoms with van der Waals surface area (Å²) in [5.41, 5.74) is 0.486. The summed E-state index contributed by atoms with van der Waals surface area (Å²) in [6.07, 6.45) is 2.70. The second kappa shape index (κ2) is 5.11. The summed E-state index contributed by atoms with van der Waals surface area (Å²) < 4.78 is 2.85. The lowest BCUT2D eigenvalue weighted by molar-refractivity contribution is -0.385. The Bertz CT molecular complexity index is 659. The monoisotopic (exact) mass is 278 g/mol. The Morgan fingerprint density at radius 3 is 2.65 bits per heavy atom. The van der Waals surface area contributed by atoms with Gasteiger partial charge < -0.3 is 4.90 Å². The van der Waals surface area contributed by atoms with E-state index in [1.54, 1.807) is 31.0 Å². The minimum Gasteiger partial charge on any atom is -0.334 e. The molecule has 106 valence electrons. The number of carbonyl (C=O) groups excluding carboxylic acids is 1. The average Bonchev–Trinajstić information content (AvgIpc) is 2.95. The SMILES string of the molecule is CN(Cc1ccnn1C)C(=O)c1c([N+](=O)[O-])cnn1C.